The van der Waals surface area contributed by atoms with Crippen LogP contribution in [0.15, 0.2) is 51.8 Å². The van der Waals surface area contributed by atoms with E-state index in [1.165, 1.54) is 11.8 Å². The van der Waals surface area contributed by atoms with E-state index in [-0.39, 0.29) is 5.91 Å². The standard InChI is InChI=1S/C15H15BrN2OS/c1-10-7-12(16)15(13(17)8-10)18-14(19)9-20-11-5-3-2-4-6-11/h2-8H,9,17H2,1H3,(H,18,19). The van der Waals surface area contributed by atoms with Crippen molar-refractivity contribution in [3.8, 4) is 0 Å². The Morgan fingerprint density at radius 2 is 2.00 bits per heavy atom. The number of hydrogen-bond acceptors (Lipinski definition) is 3. The third-order valence-corrected chi connectivity index (χ3v) is 4.28. The summed E-state index contributed by atoms with van der Waals surface area (Å²) in [7, 11) is 0. The highest BCUT2D eigenvalue weighted by atomic mass is 79.9. The van der Waals surface area contributed by atoms with Crippen molar-refractivity contribution in [2.45, 2.75) is 11.8 Å². The highest BCUT2D eigenvalue weighted by molar-refractivity contribution is 9.10. The van der Waals surface area contributed by atoms with Gasteiger partial charge in [-0.2, -0.15) is 0 Å². The summed E-state index contributed by atoms with van der Waals surface area (Å²) in [5.74, 6) is 0.277. The van der Waals surface area contributed by atoms with Crippen LogP contribution in [0.1, 0.15) is 5.56 Å². The summed E-state index contributed by atoms with van der Waals surface area (Å²) < 4.78 is 0.799. The first-order valence-corrected chi connectivity index (χ1v) is 7.87. The third-order valence-electron chi connectivity index (χ3n) is 2.64. The SMILES string of the molecule is Cc1cc(N)c(NC(=O)CSc2ccccc2)c(Br)c1. The highest BCUT2D eigenvalue weighted by Gasteiger charge is 2.10. The Balaban J connectivity index is 1.98. The Labute approximate surface area is 131 Å². The Morgan fingerprint density at radius 1 is 1.30 bits per heavy atom. The maximum Gasteiger partial charge on any atom is 0.234 e. The summed E-state index contributed by atoms with van der Waals surface area (Å²) in [6.45, 7) is 1.96. The quantitative estimate of drug-likeness (QED) is 0.645. The van der Waals surface area contributed by atoms with Gasteiger partial charge in [0.2, 0.25) is 5.91 Å². The molecule has 0 atom stereocenters. The minimum atomic E-state index is -0.0740. The number of nitrogen functional groups attached to an aromatic ring is 1. The van der Waals surface area contributed by atoms with E-state index in [1.54, 1.807) is 0 Å². The molecule has 5 heteroatoms. The van der Waals surface area contributed by atoms with Crippen LogP contribution in [-0.4, -0.2) is 11.7 Å². The molecule has 2 aromatic rings. The molecule has 0 aliphatic heterocycles. The van der Waals surface area contributed by atoms with Gasteiger partial charge in [-0.15, -0.1) is 11.8 Å². The molecule has 3 N–H and O–H groups in total. The van der Waals surface area contributed by atoms with Crippen molar-refractivity contribution >= 4 is 45.0 Å². The second kappa shape index (κ2) is 6.81. The smallest absolute Gasteiger partial charge is 0.234 e. The number of thioether (sulfide) groups is 1. The average molecular weight is 351 g/mol. The fraction of sp³-hybridized carbons (Fsp3) is 0.133. The summed E-state index contributed by atoms with van der Waals surface area (Å²) in [4.78, 5) is 13.0. The first-order chi connectivity index (χ1) is 9.56. The zero-order chi connectivity index (χ0) is 14.5. The van der Waals surface area contributed by atoms with Crippen molar-refractivity contribution in [2.24, 2.45) is 0 Å². The molecule has 0 aliphatic carbocycles. The molecule has 20 heavy (non-hydrogen) atoms. The molecule has 2 aromatic carbocycles. The van der Waals surface area contributed by atoms with Crippen LogP contribution < -0.4 is 11.1 Å². The highest BCUT2D eigenvalue weighted by Crippen LogP contribution is 2.30. The lowest BCUT2D eigenvalue weighted by Crippen LogP contribution is -2.15. The van der Waals surface area contributed by atoms with Crippen molar-refractivity contribution in [1.82, 2.24) is 0 Å². The number of carbonyl (C=O) groups is 1. The van der Waals surface area contributed by atoms with Crippen LogP contribution in [-0.2, 0) is 4.79 Å². The fourth-order valence-electron chi connectivity index (χ4n) is 1.74. The summed E-state index contributed by atoms with van der Waals surface area (Å²) in [6, 6.07) is 13.6. The van der Waals surface area contributed by atoms with Crippen LogP contribution in [0.2, 0.25) is 0 Å². The molecule has 0 heterocycles. The Kier molecular flexibility index (Phi) is 5.09. The maximum absolute atomic E-state index is 12.0. The number of aryl methyl sites for hydroxylation is 1. The molecule has 0 fully saturated rings. The van der Waals surface area contributed by atoms with Crippen LogP contribution >= 0.6 is 27.7 Å². The van der Waals surface area contributed by atoms with Crippen LogP contribution in [0.25, 0.3) is 0 Å². The number of nitrogens with one attached hydrogen (secondary N) is 1. The molecule has 104 valence electrons. The molecular formula is C15H15BrN2OS. The lowest BCUT2D eigenvalue weighted by atomic mass is 10.2. The van der Waals surface area contributed by atoms with Gasteiger partial charge in [0, 0.05) is 9.37 Å². The first-order valence-electron chi connectivity index (χ1n) is 6.09. The van der Waals surface area contributed by atoms with E-state index < -0.39 is 0 Å². The molecule has 0 aliphatic rings. The van der Waals surface area contributed by atoms with Gasteiger partial charge in [0.05, 0.1) is 17.1 Å². The van der Waals surface area contributed by atoms with Crippen LogP contribution in [0.5, 0.6) is 0 Å². The average Bonchev–Trinajstić information content (AvgIpc) is 2.42. The Bertz CT molecular complexity index is 594. The number of nitrogens with two attached hydrogens (primary N) is 1. The fourth-order valence-corrected chi connectivity index (χ4v) is 3.15. The summed E-state index contributed by atoms with van der Waals surface area (Å²) in [5, 5.41) is 2.84. The molecule has 3 nitrogen and oxygen atoms in total. The normalized spacial score (nSPS) is 10.3. The lowest BCUT2D eigenvalue weighted by molar-refractivity contribution is -0.113. The maximum atomic E-state index is 12.0. The minimum Gasteiger partial charge on any atom is -0.397 e. The van der Waals surface area contributed by atoms with Gasteiger partial charge in [-0.25, -0.2) is 0 Å². The van der Waals surface area contributed by atoms with Crippen molar-refractivity contribution in [2.75, 3.05) is 16.8 Å². The summed E-state index contributed by atoms with van der Waals surface area (Å²) in [5.41, 5.74) is 8.17. The molecule has 0 radical (unpaired) electrons. The number of benzene rings is 2. The molecule has 0 unspecified atom stereocenters. The van der Waals surface area contributed by atoms with E-state index >= 15 is 0 Å². The predicted molar refractivity (Wildman–Crippen MR) is 89.1 cm³/mol. The van der Waals surface area contributed by atoms with Gasteiger partial charge in [0.25, 0.3) is 0 Å². The summed E-state index contributed by atoms with van der Waals surface area (Å²) in [6.07, 6.45) is 0. The molecule has 0 saturated carbocycles. The topological polar surface area (TPSA) is 55.1 Å². The zero-order valence-corrected chi connectivity index (χ0v) is 13.4. The molecule has 0 spiro atoms. The number of amides is 1. The van der Waals surface area contributed by atoms with Gasteiger partial charge in [0.1, 0.15) is 0 Å². The van der Waals surface area contributed by atoms with Crippen LogP contribution in [0.3, 0.4) is 0 Å². The number of halogens is 1. The minimum absolute atomic E-state index is 0.0740. The largest absolute Gasteiger partial charge is 0.397 e. The molecule has 0 bridgehead atoms. The molecule has 0 aromatic heterocycles. The number of hydrogen-bond donors (Lipinski definition) is 2. The second-order valence-electron chi connectivity index (χ2n) is 4.36. The zero-order valence-electron chi connectivity index (χ0n) is 11.0. The molecular weight excluding hydrogens is 336 g/mol. The van der Waals surface area contributed by atoms with E-state index in [1.807, 2.05) is 49.4 Å². The van der Waals surface area contributed by atoms with E-state index in [0.29, 0.717) is 17.1 Å². The third kappa shape index (κ3) is 4.02. The molecule has 1 amide bonds. The van der Waals surface area contributed by atoms with E-state index in [4.69, 9.17) is 5.73 Å². The number of anilines is 2. The van der Waals surface area contributed by atoms with Gasteiger partial charge in [-0.1, -0.05) is 18.2 Å². The van der Waals surface area contributed by atoms with Gasteiger partial charge in [0.15, 0.2) is 0 Å². The lowest BCUT2D eigenvalue weighted by Gasteiger charge is -2.11. The van der Waals surface area contributed by atoms with Gasteiger partial charge in [-0.3, -0.25) is 4.79 Å². The first kappa shape index (κ1) is 14.9. The van der Waals surface area contributed by atoms with Crippen molar-refractivity contribution < 1.29 is 4.79 Å². The van der Waals surface area contributed by atoms with Crippen molar-refractivity contribution in [3.63, 3.8) is 0 Å². The monoisotopic (exact) mass is 350 g/mol. The predicted octanol–water partition coefficient (Wildman–Crippen LogP) is 4.07. The van der Waals surface area contributed by atoms with Crippen LogP contribution in [0, 0.1) is 6.92 Å². The summed E-state index contributed by atoms with van der Waals surface area (Å²) >= 11 is 4.92. The number of rotatable bonds is 4. The van der Waals surface area contributed by atoms with Crippen molar-refractivity contribution in [3.05, 3.63) is 52.5 Å². The van der Waals surface area contributed by atoms with E-state index in [0.717, 1.165) is 14.9 Å². The van der Waals surface area contributed by atoms with Gasteiger partial charge >= 0.3 is 0 Å². The Hall–Kier alpha value is -1.46. The molecule has 2 rings (SSSR count). The number of carbonyl (C=O) groups excluding carboxylic acids is 1. The Morgan fingerprint density at radius 3 is 2.65 bits per heavy atom. The molecule has 0 saturated heterocycles. The van der Waals surface area contributed by atoms with E-state index in [2.05, 4.69) is 21.2 Å². The van der Waals surface area contributed by atoms with Gasteiger partial charge in [-0.05, 0) is 52.7 Å². The van der Waals surface area contributed by atoms with E-state index in [9.17, 15) is 4.79 Å². The second-order valence-corrected chi connectivity index (χ2v) is 6.26. The van der Waals surface area contributed by atoms with Crippen LogP contribution in [0.4, 0.5) is 11.4 Å². The van der Waals surface area contributed by atoms with Gasteiger partial charge < -0.3 is 11.1 Å². The van der Waals surface area contributed by atoms with Crippen molar-refractivity contribution in [1.29, 1.82) is 0 Å².